The first-order valence-corrected chi connectivity index (χ1v) is 6.66. The standard InChI is InChI=1S/C14H13NO2S/c1-11-7-9-13(10-8-11)18(17)15-14(16)12-5-3-2-4-6-12/h2-10H,1H3,(H,15,16). The van der Waals surface area contributed by atoms with Crippen molar-refractivity contribution < 1.29 is 9.00 Å². The summed E-state index contributed by atoms with van der Waals surface area (Å²) in [5.41, 5.74) is 1.59. The average molecular weight is 259 g/mol. The molecule has 92 valence electrons. The summed E-state index contributed by atoms with van der Waals surface area (Å²) < 4.78 is 14.4. The highest BCUT2D eigenvalue weighted by Gasteiger charge is 2.09. The molecular formula is C14H13NO2S. The number of amides is 1. The van der Waals surface area contributed by atoms with Crippen molar-refractivity contribution in [2.45, 2.75) is 11.8 Å². The molecule has 2 aromatic carbocycles. The fourth-order valence-corrected chi connectivity index (χ4v) is 2.24. The quantitative estimate of drug-likeness (QED) is 0.920. The maximum Gasteiger partial charge on any atom is 0.263 e. The van der Waals surface area contributed by atoms with E-state index in [-0.39, 0.29) is 5.91 Å². The van der Waals surface area contributed by atoms with Gasteiger partial charge in [0.2, 0.25) is 0 Å². The monoisotopic (exact) mass is 259 g/mol. The van der Waals surface area contributed by atoms with E-state index in [1.54, 1.807) is 36.4 Å². The van der Waals surface area contributed by atoms with E-state index < -0.39 is 11.0 Å². The second-order valence-corrected chi connectivity index (χ2v) is 5.09. The zero-order chi connectivity index (χ0) is 13.0. The first-order chi connectivity index (χ1) is 8.66. The second-order valence-electron chi connectivity index (χ2n) is 3.88. The van der Waals surface area contributed by atoms with Gasteiger partial charge in [-0.1, -0.05) is 35.9 Å². The van der Waals surface area contributed by atoms with Crippen LogP contribution in [0.5, 0.6) is 0 Å². The summed E-state index contributed by atoms with van der Waals surface area (Å²) in [4.78, 5) is 12.4. The summed E-state index contributed by atoms with van der Waals surface area (Å²) in [5.74, 6) is -0.338. The Kier molecular flexibility index (Phi) is 3.89. The van der Waals surface area contributed by atoms with Gasteiger partial charge in [-0.05, 0) is 31.2 Å². The lowest BCUT2D eigenvalue weighted by Gasteiger charge is -2.05. The molecule has 0 aliphatic rings. The van der Waals surface area contributed by atoms with E-state index in [4.69, 9.17) is 0 Å². The van der Waals surface area contributed by atoms with Gasteiger partial charge in [0.05, 0.1) is 4.90 Å². The van der Waals surface area contributed by atoms with Gasteiger partial charge >= 0.3 is 0 Å². The molecule has 0 aliphatic heterocycles. The zero-order valence-corrected chi connectivity index (χ0v) is 10.7. The maximum absolute atomic E-state index is 11.9. The van der Waals surface area contributed by atoms with Crippen molar-refractivity contribution in [2.75, 3.05) is 0 Å². The van der Waals surface area contributed by atoms with Gasteiger partial charge in [-0.25, -0.2) is 4.21 Å². The molecule has 0 spiro atoms. The van der Waals surface area contributed by atoms with E-state index in [2.05, 4.69) is 4.72 Å². The van der Waals surface area contributed by atoms with E-state index in [1.807, 2.05) is 25.1 Å². The van der Waals surface area contributed by atoms with Gasteiger partial charge in [-0.15, -0.1) is 0 Å². The number of carbonyl (C=O) groups is 1. The van der Waals surface area contributed by atoms with Crippen molar-refractivity contribution in [1.29, 1.82) is 0 Å². The first-order valence-electron chi connectivity index (χ1n) is 5.51. The van der Waals surface area contributed by atoms with Gasteiger partial charge in [0.15, 0.2) is 11.0 Å². The first kappa shape index (κ1) is 12.5. The van der Waals surface area contributed by atoms with Crippen LogP contribution >= 0.6 is 0 Å². The van der Waals surface area contributed by atoms with E-state index >= 15 is 0 Å². The molecule has 1 atom stereocenters. The lowest BCUT2D eigenvalue weighted by atomic mass is 10.2. The van der Waals surface area contributed by atoms with E-state index in [0.29, 0.717) is 10.5 Å². The van der Waals surface area contributed by atoms with Gasteiger partial charge in [-0.3, -0.25) is 9.52 Å². The molecule has 2 aromatic rings. The molecule has 0 radical (unpaired) electrons. The van der Waals surface area contributed by atoms with Crippen LogP contribution in [-0.4, -0.2) is 10.1 Å². The maximum atomic E-state index is 11.9. The van der Waals surface area contributed by atoms with Crippen LogP contribution in [0, 0.1) is 6.92 Å². The summed E-state index contributed by atoms with van der Waals surface area (Å²) in [6.45, 7) is 1.95. The SMILES string of the molecule is Cc1ccc(S(=O)NC(=O)c2ccccc2)cc1. The fraction of sp³-hybridized carbons (Fsp3) is 0.0714. The molecule has 0 heterocycles. The Balaban J connectivity index is 2.08. The molecule has 0 aliphatic carbocycles. The highest BCUT2D eigenvalue weighted by Crippen LogP contribution is 2.07. The van der Waals surface area contributed by atoms with Crippen LogP contribution in [-0.2, 0) is 11.0 Å². The Morgan fingerprint density at radius 2 is 1.61 bits per heavy atom. The third-order valence-corrected chi connectivity index (χ3v) is 3.53. The second kappa shape index (κ2) is 5.60. The molecule has 1 N–H and O–H groups in total. The van der Waals surface area contributed by atoms with Gasteiger partial charge in [0.1, 0.15) is 0 Å². The van der Waals surface area contributed by atoms with Crippen LogP contribution in [0.15, 0.2) is 59.5 Å². The van der Waals surface area contributed by atoms with Gasteiger partial charge in [0.25, 0.3) is 5.91 Å². The molecule has 0 saturated carbocycles. The predicted octanol–water partition coefficient (Wildman–Crippen LogP) is 2.45. The molecule has 3 nitrogen and oxygen atoms in total. The molecule has 2 rings (SSSR count). The minimum absolute atomic E-state index is 0.338. The Hall–Kier alpha value is -1.94. The number of hydrogen-bond donors (Lipinski definition) is 1. The molecule has 0 fully saturated rings. The molecule has 4 heteroatoms. The molecule has 0 aromatic heterocycles. The smallest absolute Gasteiger partial charge is 0.263 e. The van der Waals surface area contributed by atoms with E-state index in [0.717, 1.165) is 5.56 Å². The highest BCUT2D eigenvalue weighted by molar-refractivity contribution is 7.83. The van der Waals surface area contributed by atoms with Crippen LogP contribution < -0.4 is 4.72 Å². The number of carbonyl (C=O) groups excluding carboxylic acids is 1. The van der Waals surface area contributed by atoms with Crippen molar-refractivity contribution in [3.8, 4) is 0 Å². The molecular weight excluding hydrogens is 246 g/mol. The van der Waals surface area contributed by atoms with Crippen molar-refractivity contribution in [3.63, 3.8) is 0 Å². The molecule has 1 unspecified atom stereocenters. The fourth-order valence-electron chi connectivity index (χ4n) is 1.45. The normalized spacial score (nSPS) is 11.8. The Labute approximate surface area is 108 Å². The third-order valence-electron chi connectivity index (χ3n) is 2.46. The number of hydrogen-bond acceptors (Lipinski definition) is 2. The molecule has 0 bridgehead atoms. The van der Waals surface area contributed by atoms with Crippen LogP contribution in [0.25, 0.3) is 0 Å². The lowest BCUT2D eigenvalue weighted by Crippen LogP contribution is -2.25. The molecule has 0 saturated heterocycles. The van der Waals surface area contributed by atoms with Crippen LogP contribution in [0.2, 0.25) is 0 Å². The average Bonchev–Trinajstić information content (AvgIpc) is 2.40. The highest BCUT2D eigenvalue weighted by atomic mass is 32.2. The summed E-state index contributed by atoms with van der Waals surface area (Å²) in [6, 6.07) is 15.9. The summed E-state index contributed by atoms with van der Waals surface area (Å²) in [6.07, 6.45) is 0. The van der Waals surface area contributed by atoms with E-state index in [9.17, 15) is 9.00 Å². The Bertz CT molecular complexity index is 564. The van der Waals surface area contributed by atoms with Crippen LogP contribution in [0.4, 0.5) is 0 Å². The number of nitrogens with one attached hydrogen (secondary N) is 1. The Morgan fingerprint density at radius 1 is 1.00 bits per heavy atom. The predicted molar refractivity (Wildman–Crippen MR) is 71.5 cm³/mol. The largest absolute Gasteiger partial charge is 0.268 e. The van der Waals surface area contributed by atoms with Gasteiger partial charge in [-0.2, -0.15) is 0 Å². The van der Waals surface area contributed by atoms with Crippen molar-refractivity contribution in [1.82, 2.24) is 4.72 Å². The topological polar surface area (TPSA) is 46.2 Å². The van der Waals surface area contributed by atoms with E-state index in [1.165, 1.54) is 0 Å². The number of aryl methyl sites for hydroxylation is 1. The van der Waals surface area contributed by atoms with Crippen molar-refractivity contribution in [3.05, 3.63) is 65.7 Å². The van der Waals surface area contributed by atoms with Crippen LogP contribution in [0.1, 0.15) is 15.9 Å². The van der Waals surface area contributed by atoms with Crippen molar-refractivity contribution in [2.24, 2.45) is 0 Å². The van der Waals surface area contributed by atoms with Crippen LogP contribution in [0.3, 0.4) is 0 Å². The zero-order valence-electron chi connectivity index (χ0n) is 9.92. The summed E-state index contributed by atoms with van der Waals surface area (Å²) in [5, 5.41) is 0. The summed E-state index contributed by atoms with van der Waals surface area (Å²) >= 11 is 0. The summed E-state index contributed by atoms with van der Waals surface area (Å²) in [7, 11) is -1.52. The Morgan fingerprint density at radius 3 is 2.22 bits per heavy atom. The minimum Gasteiger partial charge on any atom is -0.268 e. The molecule has 18 heavy (non-hydrogen) atoms. The number of benzene rings is 2. The van der Waals surface area contributed by atoms with Gasteiger partial charge in [0, 0.05) is 5.56 Å². The van der Waals surface area contributed by atoms with Gasteiger partial charge < -0.3 is 0 Å². The third kappa shape index (κ3) is 3.05. The lowest BCUT2D eigenvalue weighted by molar-refractivity contribution is 0.0983. The minimum atomic E-state index is -1.52. The van der Waals surface area contributed by atoms with Crippen molar-refractivity contribution >= 4 is 16.9 Å². The number of rotatable bonds is 3. The molecule has 1 amide bonds.